The van der Waals surface area contributed by atoms with Gasteiger partial charge in [0.2, 0.25) is 0 Å². The Balaban J connectivity index is 1.66. The molecule has 0 spiro atoms. The Labute approximate surface area is 199 Å². The van der Waals surface area contributed by atoms with Crippen molar-refractivity contribution in [2.75, 3.05) is 6.54 Å². The Morgan fingerprint density at radius 1 is 1.09 bits per heavy atom. The van der Waals surface area contributed by atoms with Gasteiger partial charge in [0.1, 0.15) is 5.84 Å². The lowest BCUT2D eigenvalue weighted by atomic mass is 10.0. The molecule has 34 heavy (non-hydrogen) atoms. The molecule has 1 saturated heterocycles. The van der Waals surface area contributed by atoms with Crippen LogP contribution in [0.25, 0.3) is 10.8 Å². The molecule has 1 aliphatic heterocycles. The van der Waals surface area contributed by atoms with E-state index in [1.807, 2.05) is 31.2 Å². The van der Waals surface area contributed by atoms with Crippen LogP contribution >= 0.6 is 0 Å². The lowest BCUT2D eigenvalue weighted by Gasteiger charge is -2.37. The first-order chi connectivity index (χ1) is 16.2. The van der Waals surface area contributed by atoms with Gasteiger partial charge < -0.3 is 10.6 Å². The quantitative estimate of drug-likeness (QED) is 0.283. The molecule has 0 saturated carbocycles. The van der Waals surface area contributed by atoms with Crippen molar-refractivity contribution in [1.82, 2.24) is 14.7 Å². The van der Waals surface area contributed by atoms with E-state index in [-0.39, 0.29) is 23.3 Å². The molecule has 0 bridgehead atoms. The minimum Gasteiger partial charge on any atom is -0.384 e. The second-order valence-electron chi connectivity index (χ2n) is 8.62. The Morgan fingerprint density at radius 2 is 1.85 bits per heavy atom. The van der Waals surface area contributed by atoms with Crippen LogP contribution in [0.1, 0.15) is 37.3 Å². The fourth-order valence-corrected chi connectivity index (χ4v) is 5.30. The van der Waals surface area contributed by atoms with Gasteiger partial charge in [-0.3, -0.25) is 5.41 Å². The van der Waals surface area contributed by atoms with Crippen molar-refractivity contribution >= 4 is 32.7 Å². The number of nitrogens with one attached hydrogen (secondary N) is 2. The van der Waals surface area contributed by atoms with E-state index in [9.17, 15) is 13.2 Å². The van der Waals surface area contributed by atoms with Gasteiger partial charge in [-0.1, -0.05) is 48.5 Å². The van der Waals surface area contributed by atoms with Gasteiger partial charge >= 0.3 is 6.03 Å². The largest absolute Gasteiger partial charge is 0.384 e. The van der Waals surface area contributed by atoms with Gasteiger partial charge in [-0.25, -0.2) is 18.2 Å². The van der Waals surface area contributed by atoms with Crippen LogP contribution in [0, 0.1) is 5.41 Å². The number of carbonyl (C=O) groups excluding carboxylic acids is 1. The number of likely N-dealkylation sites (tertiary alicyclic amines) is 1. The second-order valence-corrected chi connectivity index (χ2v) is 10.3. The maximum absolute atomic E-state index is 13.5. The third-order valence-corrected chi connectivity index (χ3v) is 7.46. The highest BCUT2D eigenvalue weighted by Crippen LogP contribution is 2.22. The van der Waals surface area contributed by atoms with Crippen molar-refractivity contribution in [3.05, 3.63) is 77.9 Å². The summed E-state index contributed by atoms with van der Waals surface area (Å²) in [4.78, 5) is 17.8. The Kier molecular flexibility index (Phi) is 6.85. The lowest BCUT2D eigenvalue weighted by Crippen LogP contribution is -2.54. The number of nitrogen functional groups attached to an aromatic ring is 1. The Bertz CT molecular complexity index is 1320. The number of sulfonamides is 1. The SMILES string of the molecule is CC1CCCCN1C(=O)N(Cc1cccc(C(=N)N)c1)NS(=O)(=O)c1ccc2ccccc2c1. The number of fused-ring (bicyclic) bond motifs is 1. The molecule has 1 heterocycles. The summed E-state index contributed by atoms with van der Waals surface area (Å²) in [7, 11) is -4.04. The molecule has 8 nitrogen and oxygen atoms in total. The first kappa shape index (κ1) is 23.7. The summed E-state index contributed by atoms with van der Waals surface area (Å²) in [5.74, 6) is -0.0962. The van der Waals surface area contributed by atoms with Crippen molar-refractivity contribution in [3.8, 4) is 0 Å². The average Bonchev–Trinajstić information content (AvgIpc) is 2.83. The van der Waals surface area contributed by atoms with Crippen LogP contribution in [0.3, 0.4) is 0 Å². The summed E-state index contributed by atoms with van der Waals surface area (Å²) in [6.45, 7) is 2.54. The molecular weight excluding hydrogens is 450 g/mol. The normalized spacial score (nSPS) is 16.4. The van der Waals surface area contributed by atoms with E-state index in [1.54, 1.807) is 41.3 Å². The highest BCUT2D eigenvalue weighted by Gasteiger charge is 2.30. The molecule has 1 atom stereocenters. The topological polar surface area (TPSA) is 120 Å². The van der Waals surface area contributed by atoms with Crippen LogP contribution in [0.15, 0.2) is 71.6 Å². The molecule has 3 aromatic rings. The van der Waals surface area contributed by atoms with Crippen molar-refractivity contribution in [3.63, 3.8) is 0 Å². The number of benzene rings is 3. The molecule has 4 N–H and O–H groups in total. The number of hydrazine groups is 1. The highest BCUT2D eigenvalue weighted by molar-refractivity contribution is 7.89. The molecule has 1 aliphatic rings. The number of hydrogen-bond donors (Lipinski definition) is 3. The first-order valence-corrected chi connectivity index (χ1v) is 12.8. The van der Waals surface area contributed by atoms with Gasteiger partial charge in [-0.15, -0.1) is 4.83 Å². The average molecular weight is 480 g/mol. The van der Waals surface area contributed by atoms with E-state index in [4.69, 9.17) is 11.1 Å². The number of carbonyl (C=O) groups is 1. The standard InChI is InChI=1S/C25H29N5O3S/c1-18-7-4-5-14-29(18)25(31)30(17-19-8-6-11-22(15-19)24(26)27)28-34(32,33)23-13-12-20-9-2-3-10-21(20)16-23/h2-3,6,8-13,15-16,18,28H,4-5,7,14,17H2,1H3,(H3,26,27). The summed E-state index contributed by atoms with van der Waals surface area (Å²) in [5, 5.41) is 10.6. The number of piperidine rings is 1. The maximum Gasteiger partial charge on any atom is 0.335 e. The van der Waals surface area contributed by atoms with E-state index in [2.05, 4.69) is 4.83 Å². The minimum absolute atomic E-state index is 0.00398. The number of urea groups is 1. The molecule has 0 radical (unpaired) electrons. The number of hydrogen-bond acceptors (Lipinski definition) is 4. The Morgan fingerprint density at radius 3 is 2.59 bits per heavy atom. The lowest BCUT2D eigenvalue weighted by molar-refractivity contribution is 0.111. The van der Waals surface area contributed by atoms with Gasteiger partial charge in [-0.05, 0) is 60.7 Å². The van der Waals surface area contributed by atoms with Crippen LogP contribution in [0.5, 0.6) is 0 Å². The van der Waals surface area contributed by atoms with E-state index in [0.29, 0.717) is 17.7 Å². The summed E-state index contributed by atoms with van der Waals surface area (Å²) < 4.78 is 26.7. The van der Waals surface area contributed by atoms with Crippen molar-refractivity contribution in [2.45, 2.75) is 43.7 Å². The molecule has 1 unspecified atom stereocenters. The van der Waals surface area contributed by atoms with Crippen LogP contribution in [-0.4, -0.2) is 42.8 Å². The molecule has 0 aromatic heterocycles. The first-order valence-electron chi connectivity index (χ1n) is 11.3. The van der Waals surface area contributed by atoms with Crippen LogP contribution in [0.2, 0.25) is 0 Å². The van der Waals surface area contributed by atoms with Crippen molar-refractivity contribution < 1.29 is 13.2 Å². The zero-order valence-corrected chi connectivity index (χ0v) is 19.9. The van der Waals surface area contributed by atoms with Crippen molar-refractivity contribution in [1.29, 1.82) is 5.41 Å². The maximum atomic E-state index is 13.5. The predicted octanol–water partition coefficient (Wildman–Crippen LogP) is 3.81. The molecule has 9 heteroatoms. The van der Waals surface area contributed by atoms with Gasteiger partial charge in [0, 0.05) is 18.2 Å². The summed E-state index contributed by atoms with van der Waals surface area (Å²) in [5.41, 5.74) is 6.78. The predicted molar refractivity (Wildman–Crippen MR) is 133 cm³/mol. The fraction of sp³-hybridized carbons (Fsp3) is 0.280. The van der Waals surface area contributed by atoms with Crippen LogP contribution in [0.4, 0.5) is 4.79 Å². The fourth-order valence-electron chi connectivity index (χ4n) is 4.23. The van der Waals surface area contributed by atoms with Gasteiger partial charge in [0.05, 0.1) is 11.4 Å². The zero-order chi connectivity index (χ0) is 24.3. The molecule has 3 aromatic carbocycles. The second kappa shape index (κ2) is 9.82. The van der Waals surface area contributed by atoms with Crippen LogP contribution in [-0.2, 0) is 16.6 Å². The number of rotatable bonds is 6. The van der Waals surface area contributed by atoms with Gasteiger partial charge in [0.25, 0.3) is 10.0 Å². The third-order valence-electron chi connectivity index (χ3n) is 6.12. The zero-order valence-electron chi connectivity index (χ0n) is 19.1. The molecule has 4 rings (SSSR count). The Hall–Kier alpha value is -3.43. The number of nitrogens with zero attached hydrogens (tertiary/aromatic N) is 2. The monoisotopic (exact) mass is 479 g/mol. The van der Waals surface area contributed by atoms with Crippen molar-refractivity contribution in [2.24, 2.45) is 5.73 Å². The third kappa shape index (κ3) is 5.21. The number of amidine groups is 1. The molecule has 2 amide bonds. The van der Waals surface area contributed by atoms with Gasteiger partial charge in [-0.2, -0.15) is 0 Å². The summed E-state index contributed by atoms with van der Waals surface area (Å²) in [6.07, 6.45) is 2.78. The molecule has 1 fully saturated rings. The van der Waals surface area contributed by atoms with E-state index >= 15 is 0 Å². The van der Waals surface area contributed by atoms with E-state index in [0.717, 1.165) is 35.0 Å². The summed E-state index contributed by atoms with van der Waals surface area (Å²) >= 11 is 0. The minimum atomic E-state index is -4.04. The van der Waals surface area contributed by atoms with E-state index < -0.39 is 16.1 Å². The van der Waals surface area contributed by atoms with Crippen LogP contribution < -0.4 is 10.6 Å². The van der Waals surface area contributed by atoms with E-state index in [1.165, 1.54) is 6.07 Å². The highest BCUT2D eigenvalue weighted by atomic mass is 32.2. The molecule has 178 valence electrons. The summed E-state index contributed by atoms with van der Waals surface area (Å²) in [6, 6.07) is 18.9. The number of amides is 2. The number of nitrogens with two attached hydrogens (primary N) is 1. The molecular formula is C25H29N5O3S. The molecule has 0 aliphatic carbocycles. The van der Waals surface area contributed by atoms with Gasteiger partial charge in [0.15, 0.2) is 0 Å². The smallest absolute Gasteiger partial charge is 0.335 e.